The van der Waals surface area contributed by atoms with E-state index < -0.39 is 0 Å². The normalized spacial score (nSPS) is 10.1. The Hall–Kier alpha value is -2.06. The van der Waals surface area contributed by atoms with Gasteiger partial charge in [-0.05, 0) is 0 Å². The van der Waals surface area contributed by atoms with Gasteiger partial charge in [-0.2, -0.15) is 0 Å². The summed E-state index contributed by atoms with van der Waals surface area (Å²) in [6.07, 6.45) is 0. The van der Waals surface area contributed by atoms with E-state index in [1.165, 1.54) is 0 Å². The summed E-state index contributed by atoms with van der Waals surface area (Å²) in [6, 6.07) is 0. The Kier molecular flexibility index (Phi) is 2.16. The monoisotopic (exact) mass is 198 g/mol. The van der Waals surface area contributed by atoms with Gasteiger partial charge in [0, 0.05) is 0 Å². The number of nitrogens with zero attached hydrogens (tertiary/aromatic N) is 1. The van der Waals surface area contributed by atoms with Crippen LogP contribution in [0, 0.1) is 5.21 Å². The summed E-state index contributed by atoms with van der Waals surface area (Å²) in [5.74, 6) is 4.97. The van der Waals surface area contributed by atoms with Crippen molar-refractivity contribution in [2.24, 2.45) is 5.84 Å². The molecule has 0 aromatic heterocycles. The van der Waals surface area contributed by atoms with Crippen molar-refractivity contribution in [3.8, 4) is 0 Å². The van der Waals surface area contributed by atoms with Crippen molar-refractivity contribution in [3.05, 3.63) is 5.21 Å². The minimum Gasteiger partial charge on any atom is -0.743 e. The van der Waals surface area contributed by atoms with Crippen molar-refractivity contribution in [2.45, 2.75) is 0 Å². The molecule has 0 unspecified atom stereocenters. The Morgan fingerprint density at radius 1 is 0.714 bits per heavy atom. The molecule has 1 aromatic rings. The first-order chi connectivity index (χ1) is 6.37. The molecular weight excluding hydrogens is 186 g/mol. The lowest BCUT2D eigenvalue weighted by Gasteiger charge is -2.28. The predicted octanol–water partition coefficient (Wildman–Crippen LogP) is -1.22. The predicted molar refractivity (Wildman–Crippen MR) is 58.5 cm³/mol. The molecule has 0 spiro atoms. The molecule has 78 valence electrons. The van der Waals surface area contributed by atoms with Crippen LogP contribution in [-0.4, -0.2) is 0 Å². The lowest BCUT2D eigenvalue weighted by atomic mass is 10.1. The second kappa shape index (κ2) is 3.01. The van der Waals surface area contributed by atoms with Crippen molar-refractivity contribution in [2.75, 3.05) is 33.8 Å². The number of anilines is 6. The molecule has 0 aliphatic carbocycles. The van der Waals surface area contributed by atoms with Gasteiger partial charge >= 0.3 is 0 Å². The summed E-state index contributed by atoms with van der Waals surface area (Å²) in [6.45, 7) is 0. The second-order valence-electron chi connectivity index (χ2n) is 2.74. The van der Waals surface area contributed by atoms with Crippen LogP contribution < -0.4 is 39.7 Å². The van der Waals surface area contributed by atoms with Crippen molar-refractivity contribution in [1.29, 1.82) is 0 Å². The van der Waals surface area contributed by atoms with E-state index >= 15 is 0 Å². The Balaban J connectivity index is 3.60. The number of nitrogens with two attached hydrogens (primary N) is 6. The number of nitrogen functional groups attached to an aromatic ring is 5. The van der Waals surface area contributed by atoms with Crippen LogP contribution in [0.3, 0.4) is 0 Å². The van der Waals surface area contributed by atoms with Crippen LogP contribution in [0.25, 0.3) is 0 Å². The molecule has 8 heteroatoms. The fourth-order valence-electron chi connectivity index (χ4n) is 1.07. The lowest BCUT2D eigenvalue weighted by Crippen LogP contribution is -2.26. The van der Waals surface area contributed by atoms with E-state index in [0.29, 0.717) is 0 Å². The molecule has 0 atom stereocenters. The van der Waals surface area contributed by atoms with Gasteiger partial charge in [0.25, 0.3) is 0 Å². The maximum Gasteiger partial charge on any atom is 0.0914 e. The highest BCUT2D eigenvalue weighted by atomic mass is 16.5. The quantitative estimate of drug-likeness (QED) is 0.184. The largest absolute Gasteiger partial charge is 0.743 e. The molecule has 14 heavy (non-hydrogen) atoms. The van der Waals surface area contributed by atoms with Crippen LogP contribution in [0.15, 0.2) is 0 Å². The number of rotatable bonds is 1. The molecule has 8 nitrogen and oxygen atoms in total. The van der Waals surface area contributed by atoms with Crippen molar-refractivity contribution < 1.29 is 0 Å². The van der Waals surface area contributed by atoms with Crippen molar-refractivity contribution in [3.63, 3.8) is 0 Å². The minimum atomic E-state index is -0.172. The first-order valence-corrected chi connectivity index (χ1v) is 3.61. The third-order valence-electron chi connectivity index (χ3n) is 1.89. The zero-order valence-electron chi connectivity index (χ0n) is 7.32. The summed E-state index contributed by atoms with van der Waals surface area (Å²) >= 11 is 0. The summed E-state index contributed by atoms with van der Waals surface area (Å²) in [4.78, 5) is 0. The first kappa shape index (κ1) is 10.0. The minimum absolute atomic E-state index is 0.00185. The van der Waals surface area contributed by atoms with Crippen LogP contribution in [0.4, 0.5) is 34.1 Å². The van der Waals surface area contributed by atoms with Gasteiger partial charge in [0.15, 0.2) is 0 Å². The maximum atomic E-state index is 10.9. The molecule has 0 saturated heterocycles. The van der Waals surface area contributed by atoms with Gasteiger partial charge in [-0.15, -0.1) is 0 Å². The highest BCUT2D eigenvalue weighted by Crippen LogP contribution is 2.42. The van der Waals surface area contributed by atoms with Gasteiger partial charge < -0.3 is 39.0 Å². The SMILES string of the molecule is Nc1c(N)c(N)c(N(N)[O-])c(N)c1N. The molecule has 0 radical (unpaired) electrons. The maximum absolute atomic E-state index is 10.9. The van der Waals surface area contributed by atoms with E-state index in [-0.39, 0.29) is 39.3 Å². The van der Waals surface area contributed by atoms with E-state index in [4.69, 9.17) is 34.5 Å². The second-order valence-corrected chi connectivity index (χ2v) is 2.74. The Labute approximate surface area is 79.9 Å². The van der Waals surface area contributed by atoms with Gasteiger partial charge in [0.05, 0.1) is 34.1 Å². The standard InChI is InChI=1S/C6H12N7O/c7-1-2(8)4(10)6(13(12)14)5(11)3(1)9/h7-12H2/q-1. The number of hydrogen-bond donors (Lipinski definition) is 6. The zero-order valence-corrected chi connectivity index (χ0v) is 7.32. The number of benzene rings is 1. The number of hydrazine groups is 1. The Morgan fingerprint density at radius 3 is 1.29 bits per heavy atom. The smallest absolute Gasteiger partial charge is 0.0914 e. The van der Waals surface area contributed by atoms with E-state index in [9.17, 15) is 5.21 Å². The lowest BCUT2D eigenvalue weighted by molar-refractivity contribution is 1.09. The van der Waals surface area contributed by atoms with Crippen molar-refractivity contribution in [1.82, 2.24) is 0 Å². The molecule has 12 N–H and O–H groups in total. The third kappa shape index (κ3) is 1.18. The molecule has 1 rings (SSSR count). The van der Waals surface area contributed by atoms with E-state index in [0.717, 1.165) is 0 Å². The van der Waals surface area contributed by atoms with Crippen LogP contribution in [0.2, 0.25) is 0 Å². The Bertz CT molecular complexity index is 346. The molecule has 0 saturated carbocycles. The third-order valence-corrected chi connectivity index (χ3v) is 1.89. The van der Waals surface area contributed by atoms with Gasteiger partial charge in [-0.3, -0.25) is 5.84 Å². The van der Waals surface area contributed by atoms with Gasteiger partial charge in [-0.25, -0.2) is 0 Å². The van der Waals surface area contributed by atoms with E-state index in [1.54, 1.807) is 0 Å². The summed E-state index contributed by atoms with van der Waals surface area (Å²) in [5.41, 5.74) is 27.1. The van der Waals surface area contributed by atoms with E-state index in [1.807, 2.05) is 0 Å². The summed E-state index contributed by atoms with van der Waals surface area (Å²) in [5, 5.41) is 10.9. The van der Waals surface area contributed by atoms with Crippen molar-refractivity contribution >= 4 is 34.1 Å². The first-order valence-electron chi connectivity index (χ1n) is 3.61. The fraction of sp³-hybridized carbons (Fsp3) is 0. The van der Waals surface area contributed by atoms with Crippen LogP contribution in [0.1, 0.15) is 0 Å². The molecule has 0 amide bonds. The molecular formula is C6H12N7O-. The Morgan fingerprint density at radius 2 is 1.00 bits per heavy atom. The highest BCUT2D eigenvalue weighted by molar-refractivity contribution is 6.03. The van der Waals surface area contributed by atoms with E-state index in [2.05, 4.69) is 0 Å². The molecule has 0 bridgehead atoms. The highest BCUT2D eigenvalue weighted by Gasteiger charge is 2.15. The number of hydrogen-bond acceptors (Lipinski definition) is 8. The van der Waals surface area contributed by atoms with Gasteiger partial charge in [0.2, 0.25) is 0 Å². The topological polar surface area (TPSA) is 182 Å². The molecule has 0 heterocycles. The van der Waals surface area contributed by atoms with Crippen LogP contribution in [-0.2, 0) is 0 Å². The summed E-state index contributed by atoms with van der Waals surface area (Å²) < 4.78 is 0. The molecule has 0 aliphatic rings. The fourth-order valence-corrected chi connectivity index (χ4v) is 1.07. The zero-order chi connectivity index (χ0) is 11.0. The molecule has 0 fully saturated rings. The van der Waals surface area contributed by atoms with Gasteiger partial charge in [0.1, 0.15) is 0 Å². The summed E-state index contributed by atoms with van der Waals surface area (Å²) in [7, 11) is 0. The molecule has 1 aromatic carbocycles. The average molecular weight is 198 g/mol. The van der Waals surface area contributed by atoms with Crippen LogP contribution in [0.5, 0.6) is 0 Å². The van der Waals surface area contributed by atoms with Gasteiger partial charge in [-0.1, -0.05) is 0 Å². The van der Waals surface area contributed by atoms with Crippen LogP contribution >= 0.6 is 0 Å². The molecule has 0 aliphatic heterocycles. The average Bonchev–Trinajstić information content (AvgIpc) is 2.11.